The van der Waals surface area contributed by atoms with E-state index in [2.05, 4.69) is 17.3 Å². The maximum absolute atomic E-state index is 13.7. The molecule has 2 aliphatic heterocycles. The molecule has 2 heterocycles. The van der Waals surface area contributed by atoms with Gasteiger partial charge < -0.3 is 10.2 Å². The Balaban J connectivity index is 1.72. The van der Waals surface area contributed by atoms with Crippen LogP contribution in [0.15, 0.2) is 18.2 Å². The van der Waals surface area contributed by atoms with Crippen molar-refractivity contribution < 1.29 is 4.39 Å². The number of fused-ring (bicyclic) bond motifs is 2. The molecule has 0 saturated carbocycles. The first-order valence-corrected chi connectivity index (χ1v) is 6.95. The molecule has 2 nitrogen and oxygen atoms in total. The smallest absolute Gasteiger partial charge is 0.146 e. The predicted octanol–water partition coefficient (Wildman–Crippen LogP) is 3.52. The van der Waals surface area contributed by atoms with Gasteiger partial charge in [-0.15, -0.1) is 0 Å². The zero-order chi connectivity index (χ0) is 12.7. The number of nitrogens with zero attached hydrogens (tertiary/aromatic N) is 1. The summed E-state index contributed by atoms with van der Waals surface area (Å²) < 4.78 is 13.7. The number of nitrogens with one attached hydrogen (secondary N) is 1. The summed E-state index contributed by atoms with van der Waals surface area (Å²) in [5.74, 6) is -0.217. The molecule has 2 saturated heterocycles. The number of halogens is 2. The van der Waals surface area contributed by atoms with Crippen LogP contribution >= 0.6 is 11.6 Å². The summed E-state index contributed by atoms with van der Waals surface area (Å²) in [6.45, 7) is 0. The average molecular weight is 269 g/mol. The first kappa shape index (κ1) is 12.2. The van der Waals surface area contributed by atoms with Crippen molar-refractivity contribution in [2.45, 2.75) is 43.8 Å². The van der Waals surface area contributed by atoms with Crippen LogP contribution in [0.25, 0.3) is 0 Å². The monoisotopic (exact) mass is 268 g/mol. The number of benzene rings is 1. The summed E-state index contributed by atoms with van der Waals surface area (Å²) in [5, 5.41) is 3.90. The predicted molar refractivity (Wildman–Crippen MR) is 72.6 cm³/mol. The van der Waals surface area contributed by atoms with E-state index in [-0.39, 0.29) is 5.82 Å². The molecule has 0 spiro atoms. The van der Waals surface area contributed by atoms with Crippen LogP contribution in [0.4, 0.5) is 10.1 Å². The van der Waals surface area contributed by atoms with Gasteiger partial charge in [-0.05, 0) is 50.9 Å². The highest BCUT2D eigenvalue weighted by molar-refractivity contribution is 6.30. The number of hydrogen-bond donors (Lipinski definition) is 1. The summed E-state index contributed by atoms with van der Waals surface area (Å²) in [5.41, 5.74) is 0.538. The SMILES string of the molecule is CN1C2CCC1CC(Nc1cc(Cl)ccc1F)C2. The first-order valence-electron chi connectivity index (χ1n) is 6.57. The Morgan fingerprint density at radius 2 is 1.94 bits per heavy atom. The molecular weight excluding hydrogens is 251 g/mol. The fraction of sp³-hybridized carbons (Fsp3) is 0.571. The molecule has 2 unspecified atom stereocenters. The highest BCUT2D eigenvalue weighted by atomic mass is 35.5. The molecule has 0 amide bonds. The Bertz CT molecular complexity index is 437. The highest BCUT2D eigenvalue weighted by Gasteiger charge is 2.38. The lowest BCUT2D eigenvalue weighted by molar-refractivity contribution is 0.169. The second kappa shape index (κ2) is 4.71. The van der Waals surface area contributed by atoms with Crippen LogP contribution in [0.1, 0.15) is 25.7 Å². The van der Waals surface area contributed by atoms with Crippen molar-refractivity contribution in [1.29, 1.82) is 0 Å². The van der Waals surface area contributed by atoms with Crippen molar-refractivity contribution in [3.63, 3.8) is 0 Å². The van der Waals surface area contributed by atoms with Crippen molar-refractivity contribution in [2.75, 3.05) is 12.4 Å². The third-order valence-electron chi connectivity index (χ3n) is 4.39. The fourth-order valence-electron chi connectivity index (χ4n) is 3.36. The van der Waals surface area contributed by atoms with Gasteiger partial charge in [-0.1, -0.05) is 11.6 Å². The molecule has 1 aromatic rings. The molecule has 0 aliphatic carbocycles. The maximum atomic E-state index is 13.7. The first-order chi connectivity index (χ1) is 8.63. The second-order valence-electron chi connectivity index (χ2n) is 5.49. The third-order valence-corrected chi connectivity index (χ3v) is 4.62. The molecule has 1 aromatic carbocycles. The molecule has 2 atom stereocenters. The molecule has 2 bridgehead atoms. The van der Waals surface area contributed by atoms with Crippen LogP contribution in [0.5, 0.6) is 0 Å². The van der Waals surface area contributed by atoms with E-state index in [1.54, 1.807) is 12.1 Å². The lowest BCUT2D eigenvalue weighted by Crippen LogP contribution is -2.44. The van der Waals surface area contributed by atoms with E-state index in [0.29, 0.717) is 28.8 Å². The van der Waals surface area contributed by atoms with Gasteiger partial charge in [0.1, 0.15) is 5.82 Å². The third kappa shape index (κ3) is 2.21. The molecule has 2 fully saturated rings. The second-order valence-corrected chi connectivity index (χ2v) is 5.92. The van der Waals surface area contributed by atoms with Gasteiger partial charge in [0.15, 0.2) is 0 Å². The Labute approximate surface area is 112 Å². The minimum absolute atomic E-state index is 0.217. The van der Waals surface area contributed by atoms with E-state index in [0.717, 1.165) is 12.8 Å². The zero-order valence-electron chi connectivity index (χ0n) is 10.5. The number of rotatable bonds is 2. The van der Waals surface area contributed by atoms with Gasteiger partial charge in [0.2, 0.25) is 0 Å². The van der Waals surface area contributed by atoms with E-state index >= 15 is 0 Å². The topological polar surface area (TPSA) is 15.3 Å². The van der Waals surface area contributed by atoms with Crippen molar-refractivity contribution in [3.8, 4) is 0 Å². The Hall–Kier alpha value is -0.800. The quantitative estimate of drug-likeness (QED) is 0.883. The average Bonchev–Trinajstić information content (AvgIpc) is 2.58. The van der Waals surface area contributed by atoms with Gasteiger partial charge >= 0.3 is 0 Å². The van der Waals surface area contributed by atoms with Crippen LogP contribution < -0.4 is 5.32 Å². The number of hydrogen-bond acceptors (Lipinski definition) is 2. The molecule has 0 aromatic heterocycles. The molecule has 2 aliphatic rings. The summed E-state index contributed by atoms with van der Waals surface area (Å²) in [4.78, 5) is 2.48. The fourth-order valence-corrected chi connectivity index (χ4v) is 3.53. The van der Waals surface area contributed by atoms with Gasteiger partial charge in [0, 0.05) is 23.1 Å². The summed E-state index contributed by atoms with van der Waals surface area (Å²) in [6.07, 6.45) is 4.74. The van der Waals surface area contributed by atoms with Gasteiger partial charge in [-0.3, -0.25) is 0 Å². The minimum Gasteiger partial charge on any atom is -0.380 e. The standard InChI is InChI=1S/C14H18ClFN2/c1-18-11-3-4-12(18)8-10(7-11)17-14-6-9(15)2-5-13(14)16/h2,5-6,10-12,17H,3-4,7-8H2,1H3. The van der Waals surface area contributed by atoms with E-state index in [1.807, 2.05) is 0 Å². The van der Waals surface area contributed by atoms with E-state index in [9.17, 15) is 4.39 Å². The lowest BCUT2D eigenvalue weighted by Gasteiger charge is -2.37. The van der Waals surface area contributed by atoms with E-state index in [4.69, 9.17) is 11.6 Å². The van der Waals surface area contributed by atoms with Crippen LogP contribution in [0.3, 0.4) is 0 Å². The molecule has 18 heavy (non-hydrogen) atoms. The van der Waals surface area contributed by atoms with Crippen molar-refractivity contribution in [3.05, 3.63) is 29.0 Å². The molecule has 4 heteroatoms. The normalized spacial score (nSPS) is 31.6. The summed E-state index contributed by atoms with van der Waals surface area (Å²) >= 11 is 5.91. The largest absolute Gasteiger partial charge is 0.380 e. The van der Waals surface area contributed by atoms with Crippen molar-refractivity contribution in [2.24, 2.45) is 0 Å². The van der Waals surface area contributed by atoms with Crippen molar-refractivity contribution in [1.82, 2.24) is 4.90 Å². The van der Waals surface area contributed by atoms with Crippen LogP contribution in [-0.4, -0.2) is 30.1 Å². The Kier molecular flexibility index (Phi) is 3.20. The Morgan fingerprint density at radius 1 is 1.28 bits per heavy atom. The highest BCUT2D eigenvalue weighted by Crippen LogP contribution is 2.35. The van der Waals surface area contributed by atoms with E-state index < -0.39 is 0 Å². The summed E-state index contributed by atoms with van der Waals surface area (Å²) in [7, 11) is 2.21. The number of piperidine rings is 1. The lowest BCUT2D eigenvalue weighted by atomic mass is 9.98. The molecule has 98 valence electrons. The van der Waals surface area contributed by atoms with Gasteiger partial charge in [-0.2, -0.15) is 0 Å². The van der Waals surface area contributed by atoms with Crippen LogP contribution in [0.2, 0.25) is 5.02 Å². The van der Waals surface area contributed by atoms with Gasteiger partial charge in [-0.25, -0.2) is 4.39 Å². The molecule has 1 N–H and O–H groups in total. The molecule has 3 rings (SSSR count). The van der Waals surface area contributed by atoms with Gasteiger partial charge in [0.25, 0.3) is 0 Å². The van der Waals surface area contributed by atoms with Gasteiger partial charge in [0.05, 0.1) is 5.69 Å². The van der Waals surface area contributed by atoms with Crippen LogP contribution in [-0.2, 0) is 0 Å². The van der Waals surface area contributed by atoms with Crippen molar-refractivity contribution >= 4 is 17.3 Å². The zero-order valence-corrected chi connectivity index (χ0v) is 11.3. The van der Waals surface area contributed by atoms with E-state index in [1.165, 1.54) is 18.9 Å². The summed E-state index contributed by atoms with van der Waals surface area (Å²) in [6, 6.07) is 6.37. The Morgan fingerprint density at radius 3 is 2.61 bits per heavy atom. The van der Waals surface area contributed by atoms with Crippen LogP contribution in [0, 0.1) is 5.82 Å². The molecular formula is C14H18ClFN2. The molecule has 0 radical (unpaired) electrons. The maximum Gasteiger partial charge on any atom is 0.146 e. The number of anilines is 1. The minimum atomic E-state index is -0.217.